The van der Waals surface area contributed by atoms with Crippen molar-refractivity contribution in [3.8, 4) is 0 Å². The average molecular weight is 279 g/mol. The third kappa shape index (κ3) is 2.35. The zero-order chi connectivity index (χ0) is 13.2. The first kappa shape index (κ1) is 13.3. The zero-order valence-electron chi connectivity index (χ0n) is 9.38. The minimum absolute atomic E-state index is 0.0360. The van der Waals surface area contributed by atoms with Crippen molar-refractivity contribution in [2.45, 2.75) is 19.1 Å². The number of carbonyl (C=O) groups excluding carboxylic acids is 1. The Hall–Kier alpha value is -1.15. The number of aromatic nitrogens is 1. The Morgan fingerprint density at radius 3 is 2.89 bits per heavy atom. The molecule has 8 heteroatoms. The second-order valence-corrected chi connectivity index (χ2v) is 5.09. The topological polar surface area (TPSA) is 54.0 Å². The Labute approximate surface area is 106 Å². The van der Waals surface area contributed by atoms with Gasteiger partial charge in [-0.15, -0.1) is 11.3 Å². The first-order chi connectivity index (χ1) is 8.46. The fraction of sp³-hybridized carbons (Fsp3) is 0.600. The van der Waals surface area contributed by atoms with Gasteiger partial charge in [0.15, 0.2) is 5.41 Å². The van der Waals surface area contributed by atoms with Crippen LogP contribution in [0.25, 0.3) is 0 Å². The number of nitrogens with zero attached hydrogens (tertiary/aromatic N) is 1. The molecule has 0 saturated carbocycles. The molecule has 1 aromatic heterocycles. The molecule has 1 aliphatic rings. The molecular formula is C10H12F3N3OS. The van der Waals surface area contributed by atoms with E-state index in [-0.39, 0.29) is 26.1 Å². The van der Waals surface area contributed by atoms with E-state index in [0.717, 1.165) is 0 Å². The molecule has 1 saturated heterocycles. The molecule has 1 atom stereocenters. The molecule has 0 spiro atoms. The highest BCUT2D eigenvalue weighted by atomic mass is 32.1. The molecule has 1 fully saturated rings. The summed E-state index contributed by atoms with van der Waals surface area (Å²) in [6, 6.07) is 0. The largest absolute Gasteiger partial charge is 0.404 e. The molecule has 2 N–H and O–H groups in total. The van der Waals surface area contributed by atoms with Gasteiger partial charge >= 0.3 is 6.18 Å². The Morgan fingerprint density at radius 2 is 2.39 bits per heavy atom. The van der Waals surface area contributed by atoms with Crippen LogP contribution in [0.3, 0.4) is 0 Å². The van der Waals surface area contributed by atoms with Gasteiger partial charge in [-0.3, -0.25) is 4.79 Å². The number of carbonyl (C=O) groups is 1. The number of hydrogen-bond acceptors (Lipinski definition) is 4. The van der Waals surface area contributed by atoms with E-state index < -0.39 is 17.5 Å². The molecule has 1 amide bonds. The van der Waals surface area contributed by atoms with Gasteiger partial charge in [-0.2, -0.15) is 13.2 Å². The van der Waals surface area contributed by atoms with Crippen molar-refractivity contribution in [2.75, 3.05) is 13.1 Å². The number of alkyl halides is 3. The third-order valence-corrected chi connectivity index (χ3v) is 3.80. The van der Waals surface area contributed by atoms with Crippen molar-refractivity contribution < 1.29 is 18.0 Å². The molecule has 1 aliphatic heterocycles. The van der Waals surface area contributed by atoms with E-state index >= 15 is 0 Å². The quantitative estimate of drug-likeness (QED) is 0.877. The van der Waals surface area contributed by atoms with E-state index in [1.54, 1.807) is 11.6 Å². The summed E-state index contributed by atoms with van der Waals surface area (Å²) in [7, 11) is 0. The van der Waals surface area contributed by atoms with Gasteiger partial charge in [-0.05, 0) is 13.0 Å². The van der Waals surface area contributed by atoms with Crippen LogP contribution in [0.4, 0.5) is 13.2 Å². The van der Waals surface area contributed by atoms with Crippen LogP contribution >= 0.6 is 11.3 Å². The Morgan fingerprint density at radius 1 is 1.61 bits per heavy atom. The molecule has 0 aromatic carbocycles. The lowest BCUT2D eigenvalue weighted by molar-refractivity contribution is -0.216. The number of halogens is 3. The van der Waals surface area contributed by atoms with Crippen molar-refractivity contribution in [3.63, 3.8) is 0 Å². The van der Waals surface area contributed by atoms with Crippen LogP contribution in [-0.2, 0) is 11.3 Å². The van der Waals surface area contributed by atoms with Gasteiger partial charge in [0.25, 0.3) is 0 Å². The number of amides is 1. The summed E-state index contributed by atoms with van der Waals surface area (Å²) >= 11 is 1.29. The number of thiazole rings is 1. The van der Waals surface area contributed by atoms with E-state index in [2.05, 4.69) is 15.6 Å². The minimum atomic E-state index is -4.54. The highest BCUT2D eigenvalue weighted by Crippen LogP contribution is 2.43. The summed E-state index contributed by atoms with van der Waals surface area (Å²) < 4.78 is 39.1. The molecule has 2 rings (SSSR count). The van der Waals surface area contributed by atoms with Crippen molar-refractivity contribution in [1.82, 2.24) is 15.6 Å². The Kier molecular flexibility index (Phi) is 3.58. The van der Waals surface area contributed by atoms with E-state index in [1.165, 1.54) is 11.3 Å². The fourth-order valence-electron chi connectivity index (χ4n) is 1.92. The van der Waals surface area contributed by atoms with Crippen LogP contribution in [-0.4, -0.2) is 30.2 Å². The van der Waals surface area contributed by atoms with E-state index in [9.17, 15) is 18.0 Å². The molecule has 1 unspecified atom stereocenters. The van der Waals surface area contributed by atoms with Crippen LogP contribution in [0.1, 0.15) is 11.4 Å². The smallest absolute Gasteiger partial charge is 0.349 e. The highest BCUT2D eigenvalue weighted by Gasteiger charge is 2.61. The molecule has 18 heavy (non-hydrogen) atoms. The lowest BCUT2D eigenvalue weighted by atomic mass is 9.85. The molecular weight excluding hydrogens is 267 g/mol. The summed E-state index contributed by atoms with van der Waals surface area (Å²) in [6.07, 6.45) is -3.22. The van der Waals surface area contributed by atoms with Gasteiger partial charge < -0.3 is 10.6 Å². The molecule has 1 aromatic rings. The summed E-state index contributed by atoms with van der Waals surface area (Å²) in [4.78, 5) is 15.7. The standard InChI is InChI=1S/C10H12F3N3OS/c11-10(12,13)9(1-2-14-6-9)8(17)16-5-7-15-3-4-18-7/h3-4,14H,1-2,5-6H2,(H,16,17). The molecule has 0 radical (unpaired) electrons. The van der Waals surface area contributed by atoms with Crippen molar-refractivity contribution in [1.29, 1.82) is 0 Å². The first-order valence-electron chi connectivity index (χ1n) is 5.40. The van der Waals surface area contributed by atoms with Crippen molar-refractivity contribution in [3.05, 3.63) is 16.6 Å². The van der Waals surface area contributed by atoms with E-state index in [4.69, 9.17) is 0 Å². The maximum atomic E-state index is 13.0. The predicted molar refractivity (Wildman–Crippen MR) is 59.9 cm³/mol. The summed E-state index contributed by atoms with van der Waals surface area (Å²) in [5.41, 5.74) is -2.30. The minimum Gasteiger partial charge on any atom is -0.349 e. The van der Waals surface area contributed by atoms with Gasteiger partial charge in [-0.1, -0.05) is 0 Å². The van der Waals surface area contributed by atoms with Crippen LogP contribution in [0.2, 0.25) is 0 Å². The van der Waals surface area contributed by atoms with Crippen molar-refractivity contribution >= 4 is 17.2 Å². The third-order valence-electron chi connectivity index (χ3n) is 3.02. The lowest BCUT2D eigenvalue weighted by Crippen LogP contribution is -2.52. The number of rotatable bonds is 3. The maximum Gasteiger partial charge on any atom is 0.404 e. The molecule has 100 valence electrons. The lowest BCUT2D eigenvalue weighted by Gasteiger charge is -2.29. The Balaban J connectivity index is 2.05. The van der Waals surface area contributed by atoms with Crippen molar-refractivity contribution in [2.24, 2.45) is 5.41 Å². The van der Waals surface area contributed by atoms with E-state index in [1.807, 2.05) is 0 Å². The second-order valence-electron chi connectivity index (χ2n) is 4.12. The SMILES string of the molecule is O=C(NCc1nccs1)C1(C(F)(F)F)CCNC1. The average Bonchev–Trinajstić information content (AvgIpc) is 2.96. The second kappa shape index (κ2) is 4.85. The van der Waals surface area contributed by atoms with Crippen LogP contribution in [0.5, 0.6) is 0 Å². The van der Waals surface area contributed by atoms with Gasteiger partial charge in [0.05, 0.1) is 6.54 Å². The fourth-order valence-corrected chi connectivity index (χ4v) is 2.48. The highest BCUT2D eigenvalue weighted by molar-refractivity contribution is 7.09. The maximum absolute atomic E-state index is 13.0. The summed E-state index contributed by atoms with van der Waals surface area (Å²) in [5.74, 6) is -0.977. The number of hydrogen-bond donors (Lipinski definition) is 2. The summed E-state index contributed by atoms with van der Waals surface area (Å²) in [6.45, 7) is -0.126. The van der Waals surface area contributed by atoms with E-state index in [0.29, 0.717) is 5.01 Å². The molecule has 0 aliphatic carbocycles. The monoisotopic (exact) mass is 279 g/mol. The van der Waals surface area contributed by atoms with Crippen LogP contribution in [0, 0.1) is 5.41 Å². The molecule has 0 bridgehead atoms. The summed E-state index contributed by atoms with van der Waals surface area (Å²) in [5, 5.41) is 7.22. The number of nitrogens with one attached hydrogen (secondary N) is 2. The van der Waals surface area contributed by atoms with Gasteiger partial charge in [0.2, 0.25) is 5.91 Å². The molecule has 4 nitrogen and oxygen atoms in total. The Bertz CT molecular complexity index is 413. The first-order valence-corrected chi connectivity index (χ1v) is 6.28. The van der Waals surface area contributed by atoms with Gasteiger partial charge in [-0.25, -0.2) is 4.98 Å². The molecule has 2 heterocycles. The van der Waals surface area contributed by atoms with Crippen LogP contribution < -0.4 is 10.6 Å². The zero-order valence-corrected chi connectivity index (χ0v) is 10.2. The predicted octanol–water partition coefficient (Wildman–Crippen LogP) is 1.30. The van der Waals surface area contributed by atoms with Gasteiger partial charge in [0, 0.05) is 18.1 Å². The van der Waals surface area contributed by atoms with Crippen LogP contribution in [0.15, 0.2) is 11.6 Å². The normalized spacial score (nSPS) is 24.2. The van der Waals surface area contributed by atoms with Gasteiger partial charge in [0.1, 0.15) is 5.01 Å².